The van der Waals surface area contributed by atoms with Crippen LogP contribution in [0.15, 0.2) is 40.9 Å². The summed E-state index contributed by atoms with van der Waals surface area (Å²) in [6, 6.07) is 3.20. The maximum atomic E-state index is 13.2. The van der Waals surface area contributed by atoms with Gasteiger partial charge in [-0.15, -0.1) is 0 Å². The van der Waals surface area contributed by atoms with Crippen LogP contribution in [0.25, 0.3) is 0 Å². The van der Waals surface area contributed by atoms with Gasteiger partial charge in [0.15, 0.2) is 0 Å². The van der Waals surface area contributed by atoms with E-state index in [4.69, 9.17) is 4.98 Å². The fraction of sp³-hybridized carbons (Fsp3) is 0.542. The number of aromatic nitrogens is 1. The Morgan fingerprint density at radius 3 is 2.94 bits per heavy atom. The van der Waals surface area contributed by atoms with Crippen LogP contribution in [0.4, 0.5) is 14.6 Å². The van der Waals surface area contributed by atoms with Crippen molar-refractivity contribution in [2.24, 2.45) is 4.99 Å². The number of carboxylic acid groups (broad SMARTS) is 1. The molecule has 3 aliphatic rings. The molecule has 0 radical (unpaired) electrons. The summed E-state index contributed by atoms with van der Waals surface area (Å²) in [6.45, 7) is 1.26. The number of unbranched alkanes of at least 4 members (excludes halogenated alkanes) is 1. The summed E-state index contributed by atoms with van der Waals surface area (Å²) < 4.78 is 26.4. The molecule has 10 nitrogen and oxygen atoms in total. The Labute approximate surface area is 209 Å². The standard InChI is InChI=1S/C24H34F2N8O2/c1-32-20-13-27-16-34(21(20)14-29-32)31-19(24(35)36)9-12-33(15-22(25)26)11-3-2-6-18-8-7-17-5-4-10-28-23(17)30-18/h7-8,13-14,16,19,22,29,31H,2-6,9-12,15H2,1H3,(H,28,30)(H,35,36). The molecule has 196 valence electrons. The van der Waals surface area contributed by atoms with Crippen molar-refractivity contribution in [2.45, 2.75) is 51.0 Å². The van der Waals surface area contributed by atoms with E-state index in [1.54, 1.807) is 27.3 Å². The van der Waals surface area contributed by atoms with Gasteiger partial charge in [0, 0.05) is 32.0 Å². The van der Waals surface area contributed by atoms with E-state index >= 15 is 0 Å². The molecule has 1 aromatic rings. The van der Waals surface area contributed by atoms with E-state index in [-0.39, 0.29) is 19.5 Å². The number of carbonyl (C=O) groups is 1. The van der Waals surface area contributed by atoms with Crippen molar-refractivity contribution in [1.29, 1.82) is 0 Å². The predicted octanol–water partition coefficient (Wildman–Crippen LogP) is 2.15. The second kappa shape index (κ2) is 12.1. The average molecular weight is 505 g/mol. The number of hydrogen-bond donors (Lipinski definition) is 4. The minimum absolute atomic E-state index is 0.167. The molecule has 0 spiro atoms. The van der Waals surface area contributed by atoms with Gasteiger partial charge in [0.25, 0.3) is 6.43 Å². The van der Waals surface area contributed by atoms with Crippen LogP contribution in [0.5, 0.6) is 0 Å². The lowest BCUT2D eigenvalue weighted by Gasteiger charge is -2.30. The lowest BCUT2D eigenvalue weighted by atomic mass is 10.1. The number of aliphatic carboxylic acids is 1. The molecule has 0 saturated carbocycles. The van der Waals surface area contributed by atoms with Crippen LogP contribution in [-0.4, -0.2) is 83.0 Å². The Kier molecular flexibility index (Phi) is 8.70. The van der Waals surface area contributed by atoms with E-state index in [9.17, 15) is 18.7 Å². The first kappa shape index (κ1) is 25.8. The third-order valence-electron chi connectivity index (χ3n) is 6.49. The number of likely N-dealkylation sites (N-methyl/N-ethyl adjacent to an activating group) is 1. The predicted molar refractivity (Wildman–Crippen MR) is 133 cm³/mol. The van der Waals surface area contributed by atoms with Crippen LogP contribution in [0, 0.1) is 0 Å². The van der Waals surface area contributed by atoms with E-state index in [2.05, 4.69) is 27.2 Å². The number of pyridine rings is 1. The van der Waals surface area contributed by atoms with Crippen molar-refractivity contribution in [3.63, 3.8) is 0 Å². The molecule has 4 heterocycles. The summed E-state index contributed by atoms with van der Waals surface area (Å²) in [6.07, 6.45) is 7.05. The fourth-order valence-electron chi connectivity index (χ4n) is 4.52. The van der Waals surface area contributed by atoms with Gasteiger partial charge in [0.1, 0.15) is 29.6 Å². The first-order chi connectivity index (χ1) is 17.4. The largest absolute Gasteiger partial charge is 0.480 e. The quantitative estimate of drug-likeness (QED) is 0.301. The highest BCUT2D eigenvalue weighted by Crippen LogP contribution is 2.23. The number of hydrogen-bond acceptors (Lipinski definition) is 9. The molecule has 12 heteroatoms. The number of nitrogens with zero attached hydrogens (tertiary/aromatic N) is 5. The maximum Gasteiger partial charge on any atom is 0.322 e. The number of carboxylic acids is 1. The van der Waals surface area contributed by atoms with E-state index < -0.39 is 18.4 Å². The first-order valence-electron chi connectivity index (χ1n) is 12.4. The highest BCUT2D eigenvalue weighted by molar-refractivity contribution is 5.74. The number of alkyl halides is 2. The van der Waals surface area contributed by atoms with Crippen molar-refractivity contribution in [2.75, 3.05) is 38.5 Å². The lowest BCUT2D eigenvalue weighted by Crippen LogP contribution is -2.49. The number of fused-ring (bicyclic) bond motifs is 2. The zero-order valence-corrected chi connectivity index (χ0v) is 20.5. The number of nitrogens with one attached hydrogen (secondary N) is 3. The zero-order valence-electron chi connectivity index (χ0n) is 20.5. The minimum atomic E-state index is -2.48. The van der Waals surface area contributed by atoms with E-state index in [1.165, 1.54) is 11.9 Å². The number of anilines is 1. The number of hydrazine groups is 2. The van der Waals surface area contributed by atoms with Crippen molar-refractivity contribution < 1.29 is 18.7 Å². The smallest absolute Gasteiger partial charge is 0.322 e. The Hall–Kier alpha value is -3.25. The lowest BCUT2D eigenvalue weighted by molar-refractivity contribution is -0.140. The highest BCUT2D eigenvalue weighted by Gasteiger charge is 2.28. The van der Waals surface area contributed by atoms with Gasteiger partial charge in [-0.25, -0.2) is 24.2 Å². The SMILES string of the molecule is CN1NC=C2C1=CN=CN2NC(CCN(CCCCc1ccc2c(n1)NCCC2)CC(F)F)C(=O)O. The molecule has 36 heavy (non-hydrogen) atoms. The molecule has 0 saturated heterocycles. The van der Waals surface area contributed by atoms with Crippen LogP contribution < -0.4 is 16.2 Å². The second-order valence-electron chi connectivity index (χ2n) is 9.16. The van der Waals surface area contributed by atoms with E-state index in [0.29, 0.717) is 6.54 Å². The molecule has 1 atom stereocenters. The molecular formula is C24H34F2N8O2. The number of rotatable bonds is 13. The first-order valence-corrected chi connectivity index (χ1v) is 12.4. The summed E-state index contributed by atoms with van der Waals surface area (Å²) in [5.74, 6) is -0.0917. The topological polar surface area (TPSA) is 108 Å². The van der Waals surface area contributed by atoms with Gasteiger partial charge in [-0.2, -0.15) is 0 Å². The Balaban J connectivity index is 1.26. The molecular weight excluding hydrogens is 470 g/mol. The normalized spacial score (nSPS) is 17.4. The van der Waals surface area contributed by atoms with Gasteiger partial charge in [-0.3, -0.25) is 19.7 Å². The van der Waals surface area contributed by atoms with E-state index in [0.717, 1.165) is 61.6 Å². The average Bonchev–Trinajstić information content (AvgIpc) is 3.25. The molecule has 1 unspecified atom stereocenters. The van der Waals surface area contributed by atoms with Crippen molar-refractivity contribution in [3.05, 3.63) is 47.2 Å². The number of aliphatic imine (C=N–C) groups is 1. The monoisotopic (exact) mass is 504 g/mol. The summed E-state index contributed by atoms with van der Waals surface area (Å²) in [5, 5.41) is 16.4. The molecule has 0 bridgehead atoms. The third kappa shape index (κ3) is 6.70. The van der Waals surface area contributed by atoms with Crippen LogP contribution in [0.3, 0.4) is 0 Å². The van der Waals surface area contributed by atoms with Crippen molar-refractivity contribution in [3.8, 4) is 0 Å². The maximum absolute atomic E-state index is 13.2. The number of halogens is 2. The Bertz CT molecular complexity index is 1020. The highest BCUT2D eigenvalue weighted by atomic mass is 19.3. The molecule has 0 aliphatic carbocycles. The van der Waals surface area contributed by atoms with Gasteiger partial charge in [0.05, 0.1) is 12.7 Å². The zero-order chi connectivity index (χ0) is 25.5. The van der Waals surface area contributed by atoms with Gasteiger partial charge >= 0.3 is 5.97 Å². The summed E-state index contributed by atoms with van der Waals surface area (Å²) >= 11 is 0. The Morgan fingerprint density at radius 1 is 1.28 bits per heavy atom. The van der Waals surface area contributed by atoms with Crippen molar-refractivity contribution >= 4 is 18.1 Å². The summed E-state index contributed by atoms with van der Waals surface area (Å²) in [4.78, 5) is 22.4. The van der Waals surface area contributed by atoms with Crippen LogP contribution in [0.2, 0.25) is 0 Å². The van der Waals surface area contributed by atoms with Gasteiger partial charge in [0.2, 0.25) is 0 Å². The van der Waals surface area contributed by atoms with Gasteiger partial charge in [-0.1, -0.05) is 6.07 Å². The fourth-order valence-corrected chi connectivity index (χ4v) is 4.52. The van der Waals surface area contributed by atoms with Crippen LogP contribution in [0.1, 0.15) is 36.9 Å². The molecule has 4 rings (SSSR count). The molecule has 4 N–H and O–H groups in total. The molecule has 1 aromatic heterocycles. The molecule has 0 fully saturated rings. The summed E-state index contributed by atoms with van der Waals surface area (Å²) in [5.41, 5.74) is 9.72. The van der Waals surface area contributed by atoms with Gasteiger partial charge < -0.3 is 15.8 Å². The number of aryl methyl sites for hydroxylation is 2. The van der Waals surface area contributed by atoms with Crippen LogP contribution >= 0.6 is 0 Å². The second-order valence-corrected chi connectivity index (χ2v) is 9.16. The minimum Gasteiger partial charge on any atom is -0.480 e. The summed E-state index contributed by atoms with van der Waals surface area (Å²) in [7, 11) is 1.82. The van der Waals surface area contributed by atoms with Crippen molar-refractivity contribution in [1.82, 2.24) is 30.8 Å². The molecule has 3 aliphatic heterocycles. The molecule has 0 amide bonds. The van der Waals surface area contributed by atoms with Crippen LogP contribution in [-0.2, 0) is 17.6 Å². The van der Waals surface area contributed by atoms with Gasteiger partial charge in [-0.05, 0) is 56.7 Å². The molecule has 0 aromatic carbocycles. The Morgan fingerprint density at radius 2 is 2.14 bits per heavy atom. The van der Waals surface area contributed by atoms with E-state index in [1.807, 2.05) is 13.1 Å². The third-order valence-corrected chi connectivity index (χ3v) is 6.49.